The normalized spacial score (nSPS) is 22.5. The molecule has 3 heterocycles. The van der Waals surface area contributed by atoms with Gasteiger partial charge in [-0.3, -0.25) is 14.8 Å². The maximum absolute atomic E-state index is 12.5. The molecule has 0 aromatic carbocycles. The van der Waals surface area contributed by atoms with Gasteiger partial charge in [-0.25, -0.2) is 14.6 Å². The van der Waals surface area contributed by atoms with E-state index in [0.29, 0.717) is 24.7 Å². The van der Waals surface area contributed by atoms with Crippen LogP contribution in [0.2, 0.25) is 0 Å². The molecule has 142 valence electrons. The number of carbonyl (C=O) groups excluding carboxylic acids is 2. The zero-order valence-electron chi connectivity index (χ0n) is 16.0. The fraction of sp³-hybridized carbons (Fsp3) is 0.667. The second-order valence-corrected chi connectivity index (χ2v) is 8.34. The predicted molar refractivity (Wildman–Crippen MR) is 94.9 cm³/mol. The first-order chi connectivity index (χ1) is 12.1. The monoisotopic (exact) mass is 362 g/mol. The predicted octanol–water partition coefficient (Wildman–Crippen LogP) is 3.28. The lowest BCUT2D eigenvalue weighted by atomic mass is 10.1. The van der Waals surface area contributed by atoms with E-state index in [9.17, 15) is 9.59 Å². The van der Waals surface area contributed by atoms with Gasteiger partial charge in [0.15, 0.2) is 5.82 Å². The summed E-state index contributed by atoms with van der Waals surface area (Å²) in [5, 5.41) is 0. The van der Waals surface area contributed by atoms with Crippen LogP contribution >= 0.6 is 0 Å². The average molecular weight is 362 g/mol. The van der Waals surface area contributed by atoms with Crippen LogP contribution in [0.15, 0.2) is 12.4 Å². The van der Waals surface area contributed by atoms with Crippen LogP contribution in [0.5, 0.6) is 0 Å². The SMILES string of the molecule is CC(C)(C)OC(=O)N1CCCC1c1cncc(N2C(=O)OCC2(C)C)n1. The van der Waals surface area contributed by atoms with Crippen molar-refractivity contribution in [3.63, 3.8) is 0 Å². The summed E-state index contributed by atoms with van der Waals surface area (Å²) >= 11 is 0. The Kier molecular flexibility index (Phi) is 4.54. The van der Waals surface area contributed by atoms with Gasteiger partial charge in [-0.15, -0.1) is 0 Å². The van der Waals surface area contributed by atoms with Crippen LogP contribution in [0.25, 0.3) is 0 Å². The van der Waals surface area contributed by atoms with Gasteiger partial charge in [0.2, 0.25) is 0 Å². The third-order valence-electron chi connectivity index (χ3n) is 4.43. The molecule has 0 radical (unpaired) electrons. The molecule has 3 rings (SSSR count). The zero-order chi connectivity index (χ0) is 19.1. The highest BCUT2D eigenvalue weighted by Crippen LogP contribution is 2.34. The Balaban J connectivity index is 1.85. The van der Waals surface area contributed by atoms with Gasteiger partial charge in [-0.1, -0.05) is 0 Å². The van der Waals surface area contributed by atoms with Crippen LogP contribution < -0.4 is 4.90 Å². The quantitative estimate of drug-likeness (QED) is 0.803. The molecule has 0 spiro atoms. The smallest absolute Gasteiger partial charge is 0.416 e. The second kappa shape index (κ2) is 6.41. The Morgan fingerprint density at radius 3 is 2.69 bits per heavy atom. The molecule has 8 nitrogen and oxygen atoms in total. The molecule has 0 saturated carbocycles. The molecule has 2 aliphatic heterocycles. The minimum Gasteiger partial charge on any atom is -0.447 e. The summed E-state index contributed by atoms with van der Waals surface area (Å²) in [6.07, 6.45) is 4.05. The van der Waals surface area contributed by atoms with Gasteiger partial charge in [0.25, 0.3) is 0 Å². The van der Waals surface area contributed by atoms with Gasteiger partial charge in [-0.05, 0) is 47.5 Å². The number of rotatable bonds is 2. The molecular formula is C18H26N4O4. The van der Waals surface area contributed by atoms with E-state index < -0.39 is 17.2 Å². The molecule has 0 aliphatic carbocycles. The van der Waals surface area contributed by atoms with Gasteiger partial charge in [0.05, 0.1) is 29.7 Å². The Labute approximate surface area is 153 Å². The first-order valence-corrected chi connectivity index (χ1v) is 8.87. The van der Waals surface area contributed by atoms with Crippen LogP contribution in [0.4, 0.5) is 15.4 Å². The van der Waals surface area contributed by atoms with E-state index >= 15 is 0 Å². The summed E-state index contributed by atoms with van der Waals surface area (Å²) in [5.74, 6) is 0.436. The number of hydrogen-bond donors (Lipinski definition) is 0. The summed E-state index contributed by atoms with van der Waals surface area (Å²) in [5.41, 5.74) is -0.396. The third-order valence-corrected chi connectivity index (χ3v) is 4.43. The molecule has 1 unspecified atom stereocenters. The van der Waals surface area contributed by atoms with E-state index in [2.05, 4.69) is 9.97 Å². The Hall–Kier alpha value is -2.38. The van der Waals surface area contributed by atoms with Crippen LogP contribution in [-0.4, -0.2) is 51.3 Å². The molecule has 8 heteroatoms. The Bertz CT molecular complexity index is 713. The minimum atomic E-state index is -0.554. The van der Waals surface area contributed by atoms with Crippen molar-refractivity contribution in [3.8, 4) is 0 Å². The number of cyclic esters (lactones) is 1. The summed E-state index contributed by atoms with van der Waals surface area (Å²) in [6, 6.07) is -0.209. The van der Waals surface area contributed by atoms with Crippen LogP contribution in [0.3, 0.4) is 0 Å². The lowest BCUT2D eigenvalue weighted by Crippen LogP contribution is -2.43. The zero-order valence-corrected chi connectivity index (χ0v) is 16.0. The highest BCUT2D eigenvalue weighted by Gasteiger charge is 2.42. The molecule has 2 aliphatic rings. The van der Waals surface area contributed by atoms with Crippen LogP contribution in [-0.2, 0) is 9.47 Å². The number of carbonyl (C=O) groups is 2. The maximum Gasteiger partial charge on any atom is 0.416 e. The number of aromatic nitrogens is 2. The number of ether oxygens (including phenoxy) is 2. The van der Waals surface area contributed by atoms with Crippen LogP contribution in [0.1, 0.15) is 59.2 Å². The molecule has 1 aromatic rings. The Morgan fingerprint density at radius 2 is 2.08 bits per heavy atom. The molecule has 2 fully saturated rings. The Morgan fingerprint density at radius 1 is 1.35 bits per heavy atom. The van der Waals surface area contributed by atoms with E-state index in [-0.39, 0.29) is 12.1 Å². The van der Waals surface area contributed by atoms with Gasteiger partial charge in [0, 0.05) is 6.54 Å². The van der Waals surface area contributed by atoms with Crippen molar-refractivity contribution < 1.29 is 19.1 Å². The summed E-state index contributed by atoms with van der Waals surface area (Å²) in [4.78, 5) is 36.7. The van der Waals surface area contributed by atoms with Crippen molar-refractivity contribution in [2.45, 2.75) is 64.6 Å². The molecule has 2 saturated heterocycles. The van der Waals surface area contributed by atoms with Crippen molar-refractivity contribution in [2.75, 3.05) is 18.1 Å². The number of amides is 2. The van der Waals surface area contributed by atoms with E-state index in [0.717, 1.165) is 12.8 Å². The number of anilines is 1. The summed E-state index contributed by atoms with van der Waals surface area (Å²) in [6.45, 7) is 10.3. The minimum absolute atomic E-state index is 0.209. The lowest BCUT2D eigenvalue weighted by Gasteiger charge is -2.29. The lowest BCUT2D eigenvalue weighted by molar-refractivity contribution is 0.0221. The highest BCUT2D eigenvalue weighted by atomic mass is 16.6. The summed E-state index contributed by atoms with van der Waals surface area (Å²) in [7, 11) is 0. The summed E-state index contributed by atoms with van der Waals surface area (Å²) < 4.78 is 10.7. The first-order valence-electron chi connectivity index (χ1n) is 8.87. The fourth-order valence-electron chi connectivity index (χ4n) is 3.27. The van der Waals surface area contributed by atoms with E-state index in [1.807, 2.05) is 34.6 Å². The third kappa shape index (κ3) is 3.59. The molecule has 1 aromatic heterocycles. The average Bonchev–Trinajstić information content (AvgIpc) is 3.10. The van der Waals surface area contributed by atoms with Crippen molar-refractivity contribution >= 4 is 18.0 Å². The maximum atomic E-state index is 12.5. The van der Waals surface area contributed by atoms with E-state index in [1.165, 1.54) is 4.90 Å². The van der Waals surface area contributed by atoms with E-state index in [1.54, 1.807) is 17.3 Å². The van der Waals surface area contributed by atoms with Crippen LogP contribution in [0, 0.1) is 0 Å². The molecule has 0 N–H and O–H groups in total. The number of hydrogen-bond acceptors (Lipinski definition) is 6. The largest absolute Gasteiger partial charge is 0.447 e. The number of likely N-dealkylation sites (tertiary alicyclic amines) is 1. The topological polar surface area (TPSA) is 84.9 Å². The van der Waals surface area contributed by atoms with E-state index in [4.69, 9.17) is 9.47 Å². The molecule has 2 amide bonds. The van der Waals surface area contributed by atoms with Crippen molar-refractivity contribution in [2.24, 2.45) is 0 Å². The number of nitrogens with zero attached hydrogens (tertiary/aromatic N) is 4. The van der Waals surface area contributed by atoms with Crippen molar-refractivity contribution in [1.29, 1.82) is 0 Å². The van der Waals surface area contributed by atoms with Gasteiger partial charge in [-0.2, -0.15) is 0 Å². The highest BCUT2D eigenvalue weighted by molar-refractivity contribution is 5.90. The van der Waals surface area contributed by atoms with Crippen molar-refractivity contribution in [1.82, 2.24) is 14.9 Å². The molecule has 1 atom stereocenters. The van der Waals surface area contributed by atoms with Gasteiger partial charge < -0.3 is 9.47 Å². The first kappa shape index (κ1) is 18.4. The molecular weight excluding hydrogens is 336 g/mol. The van der Waals surface area contributed by atoms with Gasteiger partial charge in [0.1, 0.15) is 12.2 Å². The molecule has 0 bridgehead atoms. The second-order valence-electron chi connectivity index (χ2n) is 8.34. The molecule has 26 heavy (non-hydrogen) atoms. The van der Waals surface area contributed by atoms with Gasteiger partial charge >= 0.3 is 12.2 Å². The standard InChI is InChI=1S/C18H26N4O4/c1-17(2,3)26-15(23)21-8-6-7-13(21)12-9-19-10-14(20-12)22-16(24)25-11-18(22,4)5/h9-10,13H,6-8,11H2,1-5H3. The fourth-order valence-corrected chi connectivity index (χ4v) is 3.27. The van der Waals surface area contributed by atoms with Crippen molar-refractivity contribution in [3.05, 3.63) is 18.1 Å².